The van der Waals surface area contributed by atoms with Crippen molar-refractivity contribution in [3.05, 3.63) is 60.2 Å². The normalized spacial score (nSPS) is 21.5. The van der Waals surface area contributed by atoms with Crippen LogP contribution in [0.15, 0.2) is 54.6 Å². The van der Waals surface area contributed by atoms with Gasteiger partial charge in [-0.1, -0.05) is 42.5 Å². The van der Waals surface area contributed by atoms with Gasteiger partial charge in [-0.25, -0.2) is 8.61 Å². The van der Waals surface area contributed by atoms with Crippen LogP contribution >= 0.6 is 0 Å². The van der Waals surface area contributed by atoms with E-state index in [0.29, 0.717) is 31.7 Å². The average Bonchev–Trinajstić information content (AvgIpc) is 3.60. The molecular weight excluding hydrogens is 414 g/mol. The number of carbonyl (C=O) groups excluding carboxylic acids is 1. The molecule has 3 aliphatic rings. The van der Waals surface area contributed by atoms with Crippen molar-refractivity contribution in [1.82, 2.24) is 5.32 Å². The van der Waals surface area contributed by atoms with E-state index < -0.39 is 15.6 Å². The molecule has 1 aliphatic carbocycles. The number of anilines is 2. The Balaban J connectivity index is 1.33. The molecule has 2 heterocycles. The first-order valence-corrected chi connectivity index (χ1v) is 12.3. The minimum absolute atomic E-state index is 0.0503. The summed E-state index contributed by atoms with van der Waals surface area (Å²) in [5.74, 6) is -0.0640. The molecule has 1 saturated heterocycles. The maximum atomic E-state index is 13.3. The van der Waals surface area contributed by atoms with Crippen molar-refractivity contribution in [2.24, 2.45) is 0 Å². The maximum Gasteiger partial charge on any atom is 0.326 e. The fraction of sp³-hybridized carbons (Fsp3) is 0.435. The van der Waals surface area contributed by atoms with Crippen LogP contribution in [0.25, 0.3) is 0 Å². The molecule has 1 amide bonds. The molecule has 1 N–H and O–H groups in total. The van der Waals surface area contributed by atoms with E-state index in [1.54, 1.807) is 4.31 Å². The van der Waals surface area contributed by atoms with Gasteiger partial charge in [0.05, 0.1) is 23.3 Å². The maximum absolute atomic E-state index is 13.3. The van der Waals surface area contributed by atoms with Crippen molar-refractivity contribution in [3.8, 4) is 0 Å². The summed E-state index contributed by atoms with van der Waals surface area (Å²) in [4.78, 5) is 13.3. The van der Waals surface area contributed by atoms with Gasteiger partial charge in [-0.3, -0.25) is 4.79 Å². The number of para-hydroxylation sites is 2. The molecule has 0 atom stereocenters. The van der Waals surface area contributed by atoms with E-state index in [2.05, 4.69) is 5.32 Å². The molecule has 0 bridgehead atoms. The highest BCUT2D eigenvalue weighted by molar-refractivity contribution is 7.94. The number of hydrogen-bond acceptors (Lipinski definition) is 4. The van der Waals surface area contributed by atoms with Crippen molar-refractivity contribution in [2.75, 3.05) is 34.9 Å². The van der Waals surface area contributed by atoms with Crippen LogP contribution in [-0.2, 0) is 25.2 Å². The minimum Gasteiger partial charge on any atom is -0.381 e. The lowest BCUT2D eigenvalue weighted by atomic mass is 9.73. The Morgan fingerprint density at radius 1 is 1.00 bits per heavy atom. The molecule has 8 heteroatoms. The molecule has 2 aliphatic heterocycles. The van der Waals surface area contributed by atoms with Crippen LogP contribution in [0, 0.1) is 0 Å². The van der Waals surface area contributed by atoms with Crippen LogP contribution < -0.4 is 13.9 Å². The first-order chi connectivity index (χ1) is 15.0. The fourth-order valence-corrected chi connectivity index (χ4v) is 6.64. The highest BCUT2D eigenvalue weighted by Crippen LogP contribution is 2.46. The molecule has 164 valence electrons. The topological polar surface area (TPSA) is 79.0 Å². The van der Waals surface area contributed by atoms with Crippen LogP contribution in [0.1, 0.15) is 31.2 Å². The molecule has 2 aromatic rings. The monoisotopic (exact) mass is 441 g/mol. The standard InChI is InChI=1S/C23H27N3O4S/c27-22(23(12-16-30-17-13-23)18-6-2-1-3-7-18)24-14-15-25-20-8-4-5-9-21(20)26(19-10-11-19)31(25,28)29/h1-9,19H,10-17H2,(H,24,27). The van der Waals surface area contributed by atoms with E-state index in [1.807, 2.05) is 54.6 Å². The van der Waals surface area contributed by atoms with E-state index in [9.17, 15) is 13.2 Å². The molecule has 0 radical (unpaired) electrons. The Morgan fingerprint density at radius 3 is 2.32 bits per heavy atom. The number of nitrogens with zero attached hydrogens (tertiary/aromatic N) is 2. The molecular formula is C23H27N3O4S. The van der Waals surface area contributed by atoms with Crippen LogP contribution in [0.2, 0.25) is 0 Å². The van der Waals surface area contributed by atoms with Gasteiger partial charge in [0.2, 0.25) is 5.91 Å². The number of benzene rings is 2. The van der Waals surface area contributed by atoms with Gasteiger partial charge in [0, 0.05) is 25.8 Å². The molecule has 2 fully saturated rings. The lowest BCUT2D eigenvalue weighted by molar-refractivity contribution is -0.130. The summed E-state index contributed by atoms with van der Waals surface area (Å²) in [6, 6.07) is 17.3. The Kier molecular flexibility index (Phi) is 5.14. The third kappa shape index (κ3) is 3.47. The third-order valence-corrected chi connectivity index (χ3v) is 8.43. The molecule has 0 spiro atoms. The summed E-state index contributed by atoms with van der Waals surface area (Å²) in [5.41, 5.74) is 1.77. The number of fused-ring (bicyclic) bond motifs is 1. The third-order valence-electron chi connectivity index (χ3n) is 6.50. The zero-order chi connectivity index (χ0) is 21.5. The first-order valence-electron chi connectivity index (χ1n) is 10.9. The summed E-state index contributed by atoms with van der Waals surface area (Å²) in [5, 5.41) is 3.03. The van der Waals surface area contributed by atoms with E-state index in [0.717, 1.165) is 24.1 Å². The molecule has 0 aromatic heterocycles. The summed E-state index contributed by atoms with van der Waals surface area (Å²) >= 11 is 0. The highest BCUT2D eigenvalue weighted by atomic mass is 32.2. The first kappa shape index (κ1) is 20.3. The van der Waals surface area contributed by atoms with Gasteiger partial charge in [-0.2, -0.15) is 8.42 Å². The predicted molar refractivity (Wildman–Crippen MR) is 119 cm³/mol. The Bertz CT molecular complexity index is 1060. The Morgan fingerprint density at radius 2 is 1.65 bits per heavy atom. The summed E-state index contributed by atoms with van der Waals surface area (Å²) in [7, 11) is -3.62. The second-order valence-corrected chi connectivity index (χ2v) is 10.1. The Hall–Kier alpha value is -2.58. The summed E-state index contributed by atoms with van der Waals surface area (Å²) < 4.78 is 34.9. The van der Waals surface area contributed by atoms with Crippen molar-refractivity contribution in [3.63, 3.8) is 0 Å². The number of carbonyl (C=O) groups is 1. The molecule has 31 heavy (non-hydrogen) atoms. The van der Waals surface area contributed by atoms with Crippen LogP contribution in [0.5, 0.6) is 0 Å². The quantitative estimate of drug-likeness (QED) is 0.747. The van der Waals surface area contributed by atoms with Gasteiger partial charge in [-0.05, 0) is 43.4 Å². The average molecular weight is 442 g/mol. The van der Waals surface area contributed by atoms with E-state index in [1.165, 1.54) is 4.31 Å². The number of amides is 1. The van der Waals surface area contributed by atoms with Gasteiger partial charge in [0.25, 0.3) is 0 Å². The summed E-state index contributed by atoms with van der Waals surface area (Å²) in [6.45, 7) is 1.52. The van der Waals surface area contributed by atoms with Crippen molar-refractivity contribution < 1.29 is 17.9 Å². The van der Waals surface area contributed by atoms with Gasteiger partial charge in [0.15, 0.2) is 0 Å². The number of hydrogen-bond donors (Lipinski definition) is 1. The molecule has 1 saturated carbocycles. The number of rotatable bonds is 6. The lowest BCUT2D eigenvalue weighted by Gasteiger charge is -2.36. The number of nitrogens with one attached hydrogen (secondary N) is 1. The smallest absolute Gasteiger partial charge is 0.326 e. The number of ether oxygens (including phenoxy) is 1. The zero-order valence-corrected chi connectivity index (χ0v) is 18.2. The van der Waals surface area contributed by atoms with Crippen LogP contribution in [0.4, 0.5) is 11.4 Å². The van der Waals surface area contributed by atoms with Gasteiger partial charge < -0.3 is 10.1 Å². The van der Waals surface area contributed by atoms with Gasteiger partial charge in [0.1, 0.15) is 0 Å². The fourth-order valence-electron chi connectivity index (χ4n) is 4.71. The van der Waals surface area contributed by atoms with Crippen molar-refractivity contribution in [2.45, 2.75) is 37.1 Å². The lowest BCUT2D eigenvalue weighted by Crippen LogP contribution is -2.50. The molecule has 0 unspecified atom stereocenters. The SMILES string of the molecule is O=C(NCCN1c2ccccc2N(C2CC2)S1(=O)=O)C1(c2ccccc2)CCOCC1. The second-order valence-electron chi connectivity index (χ2n) is 8.41. The highest BCUT2D eigenvalue weighted by Gasteiger charge is 2.47. The van der Waals surface area contributed by atoms with Crippen molar-refractivity contribution in [1.29, 1.82) is 0 Å². The largest absolute Gasteiger partial charge is 0.381 e. The predicted octanol–water partition coefficient (Wildman–Crippen LogP) is 2.58. The molecule has 7 nitrogen and oxygen atoms in total. The Labute approximate surface area is 183 Å². The van der Waals surface area contributed by atoms with Gasteiger partial charge in [-0.15, -0.1) is 0 Å². The van der Waals surface area contributed by atoms with Gasteiger partial charge >= 0.3 is 10.2 Å². The van der Waals surface area contributed by atoms with E-state index in [-0.39, 0.29) is 25.0 Å². The van der Waals surface area contributed by atoms with Crippen molar-refractivity contribution >= 4 is 27.5 Å². The molecule has 2 aromatic carbocycles. The second kappa shape index (κ2) is 7.84. The zero-order valence-electron chi connectivity index (χ0n) is 17.4. The van der Waals surface area contributed by atoms with E-state index >= 15 is 0 Å². The van der Waals surface area contributed by atoms with Crippen LogP contribution in [-0.4, -0.2) is 46.7 Å². The van der Waals surface area contributed by atoms with Crippen LogP contribution in [0.3, 0.4) is 0 Å². The molecule has 5 rings (SSSR count). The summed E-state index contributed by atoms with van der Waals surface area (Å²) in [6.07, 6.45) is 3.01. The van der Waals surface area contributed by atoms with E-state index in [4.69, 9.17) is 4.74 Å². The minimum atomic E-state index is -3.62.